The number of hydrogen-bond acceptors (Lipinski definition) is 8. The Morgan fingerprint density at radius 1 is 1.21 bits per heavy atom. The van der Waals surface area contributed by atoms with Gasteiger partial charge >= 0.3 is 0 Å². The molecule has 0 spiro atoms. The molecule has 0 aliphatic carbocycles. The summed E-state index contributed by atoms with van der Waals surface area (Å²) in [7, 11) is 1.62. The van der Waals surface area contributed by atoms with Crippen LogP contribution in [0.4, 0.5) is 5.69 Å². The highest BCUT2D eigenvalue weighted by Crippen LogP contribution is 2.15. The summed E-state index contributed by atoms with van der Waals surface area (Å²) in [6, 6.07) is 15.3. The van der Waals surface area contributed by atoms with Crippen LogP contribution in [0.25, 0.3) is 10.4 Å². The van der Waals surface area contributed by atoms with E-state index < -0.39 is 0 Å². The van der Waals surface area contributed by atoms with Crippen LogP contribution in [0.5, 0.6) is 5.75 Å². The number of aromatic nitrogens is 2. The van der Waals surface area contributed by atoms with Crippen molar-refractivity contribution in [1.29, 1.82) is 10.8 Å². The second-order valence-electron chi connectivity index (χ2n) is 6.98. The van der Waals surface area contributed by atoms with E-state index >= 15 is 0 Å². The topological polar surface area (TPSA) is 176 Å². The van der Waals surface area contributed by atoms with Gasteiger partial charge < -0.3 is 20.4 Å². The lowest BCUT2D eigenvalue weighted by molar-refractivity contribution is 0.0951. The van der Waals surface area contributed by atoms with E-state index in [1.807, 2.05) is 6.07 Å². The number of likely N-dealkylation sites (N-methyl/N-ethyl adjacent to an activating group) is 1. The lowest BCUT2D eigenvalue weighted by Crippen LogP contribution is -2.37. The van der Waals surface area contributed by atoms with Crippen molar-refractivity contribution in [3.05, 3.63) is 94.4 Å². The van der Waals surface area contributed by atoms with Gasteiger partial charge in [0.05, 0.1) is 6.54 Å². The summed E-state index contributed by atoms with van der Waals surface area (Å²) in [6.07, 6.45) is 2.89. The Morgan fingerprint density at radius 2 is 2.03 bits per heavy atom. The molecule has 0 atom stereocenters. The first-order chi connectivity index (χ1) is 16.5. The smallest absolute Gasteiger partial charge is 0.251 e. The third-order valence-electron chi connectivity index (χ3n) is 4.68. The van der Waals surface area contributed by atoms with Crippen LogP contribution in [-0.4, -0.2) is 46.0 Å². The van der Waals surface area contributed by atoms with Gasteiger partial charge in [-0.1, -0.05) is 18.2 Å². The molecule has 0 saturated heterocycles. The van der Waals surface area contributed by atoms with E-state index in [-0.39, 0.29) is 30.7 Å². The van der Waals surface area contributed by atoms with Gasteiger partial charge in [-0.2, -0.15) is 0 Å². The fourth-order valence-corrected chi connectivity index (χ4v) is 2.87. The molecule has 1 aromatic heterocycles. The highest BCUT2D eigenvalue weighted by atomic mass is 16.6. The fraction of sp³-hybridized carbons (Fsp3) is 0.136. The number of nitrogens with one attached hydrogen (secondary N) is 4. The van der Waals surface area contributed by atoms with Crippen LogP contribution in [0.2, 0.25) is 0 Å². The zero-order valence-corrected chi connectivity index (χ0v) is 18.3. The zero-order valence-electron chi connectivity index (χ0n) is 18.3. The fourth-order valence-electron chi connectivity index (χ4n) is 2.87. The van der Waals surface area contributed by atoms with Gasteiger partial charge in [-0.05, 0) is 47.5 Å². The number of amides is 1. The van der Waals surface area contributed by atoms with Gasteiger partial charge in [0, 0.05) is 36.0 Å². The number of hydrogen-bond donors (Lipinski definition) is 4. The molecule has 34 heavy (non-hydrogen) atoms. The van der Waals surface area contributed by atoms with E-state index in [0.29, 0.717) is 22.7 Å². The summed E-state index contributed by atoms with van der Waals surface area (Å²) in [5.74, 6) is 0.330. The molecule has 0 unspecified atom stereocenters. The van der Waals surface area contributed by atoms with Crippen molar-refractivity contribution in [1.82, 2.24) is 20.2 Å². The van der Waals surface area contributed by atoms with Gasteiger partial charge in [0.25, 0.3) is 5.91 Å². The molecule has 2 aromatic carbocycles. The Labute approximate surface area is 195 Å². The average molecular weight is 458 g/mol. The van der Waals surface area contributed by atoms with Crippen LogP contribution in [0.3, 0.4) is 0 Å². The predicted molar refractivity (Wildman–Crippen MR) is 127 cm³/mol. The maximum atomic E-state index is 12.6. The lowest BCUT2D eigenvalue weighted by atomic mass is 10.1. The minimum atomic E-state index is -0.275. The van der Waals surface area contributed by atoms with E-state index in [4.69, 9.17) is 21.2 Å². The maximum absolute atomic E-state index is 12.6. The first-order valence-electron chi connectivity index (χ1n) is 10.1. The number of rotatable bonds is 9. The lowest BCUT2D eigenvalue weighted by Gasteiger charge is -2.20. The van der Waals surface area contributed by atoms with Crippen molar-refractivity contribution >= 4 is 23.3 Å². The van der Waals surface area contributed by atoms with Crippen LogP contribution in [-0.2, 0) is 6.54 Å². The first kappa shape index (κ1) is 23.7. The van der Waals surface area contributed by atoms with Crippen LogP contribution in [0, 0.1) is 10.8 Å². The normalized spacial score (nSPS) is 9.91. The Bertz CT molecular complexity index is 1230. The molecule has 1 amide bonds. The second-order valence-corrected chi connectivity index (χ2v) is 6.98. The highest BCUT2D eigenvalue weighted by molar-refractivity contribution is 6.06. The van der Waals surface area contributed by atoms with E-state index in [1.165, 1.54) is 17.4 Å². The van der Waals surface area contributed by atoms with Gasteiger partial charge in [-0.3, -0.25) is 15.6 Å². The monoisotopic (exact) mass is 458 g/mol. The van der Waals surface area contributed by atoms with Gasteiger partial charge in [-0.25, -0.2) is 9.97 Å². The number of amidine groups is 2. The molecular formula is C22H22N10O2. The molecule has 172 valence electrons. The minimum absolute atomic E-state index is 0.0798. The van der Waals surface area contributed by atoms with E-state index in [1.54, 1.807) is 55.6 Å². The van der Waals surface area contributed by atoms with Crippen molar-refractivity contribution in [2.45, 2.75) is 6.54 Å². The molecule has 0 aliphatic rings. The first-order valence-corrected chi connectivity index (χ1v) is 10.1. The summed E-state index contributed by atoms with van der Waals surface area (Å²) in [5, 5.41) is 25.4. The van der Waals surface area contributed by atoms with E-state index in [9.17, 15) is 4.79 Å². The minimum Gasteiger partial charge on any atom is -0.394 e. The van der Waals surface area contributed by atoms with Crippen molar-refractivity contribution in [2.24, 2.45) is 5.28 Å². The molecule has 0 aliphatic heterocycles. The molecule has 4 N–H and O–H groups in total. The third kappa shape index (κ3) is 6.52. The summed E-state index contributed by atoms with van der Waals surface area (Å²) in [4.78, 5) is 29.2. The van der Waals surface area contributed by atoms with Gasteiger partial charge in [-0.15, -0.1) is 0 Å². The summed E-state index contributed by atoms with van der Waals surface area (Å²) < 4.78 is 0. The van der Waals surface area contributed by atoms with Crippen molar-refractivity contribution in [3.8, 4) is 5.75 Å². The Morgan fingerprint density at radius 3 is 2.79 bits per heavy atom. The molecule has 1 heterocycles. The number of benzene rings is 2. The van der Waals surface area contributed by atoms with E-state index in [0.717, 1.165) is 5.56 Å². The average Bonchev–Trinajstić information content (AvgIpc) is 2.89. The molecule has 0 fully saturated rings. The van der Waals surface area contributed by atoms with Crippen LogP contribution in [0.1, 0.15) is 21.6 Å². The highest BCUT2D eigenvalue weighted by Gasteiger charge is 2.13. The third-order valence-corrected chi connectivity index (χ3v) is 4.68. The van der Waals surface area contributed by atoms with Crippen LogP contribution < -0.4 is 15.5 Å². The zero-order chi connectivity index (χ0) is 24.3. The van der Waals surface area contributed by atoms with Crippen molar-refractivity contribution < 1.29 is 9.63 Å². The van der Waals surface area contributed by atoms with Gasteiger partial charge in [0.2, 0.25) is 0 Å². The van der Waals surface area contributed by atoms with Gasteiger partial charge in [0.15, 0.2) is 5.84 Å². The van der Waals surface area contributed by atoms with Crippen LogP contribution in [0.15, 0.2) is 72.4 Å². The summed E-state index contributed by atoms with van der Waals surface area (Å²) in [5.41, 5.74) is 10.6. The maximum Gasteiger partial charge on any atom is 0.251 e. The van der Waals surface area contributed by atoms with E-state index in [2.05, 4.69) is 30.8 Å². The predicted octanol–water partition coefficient (Wildman–Crippen LogP) is 3.36. The number of nitrogens with zero attached hydrogens (tertiary/aromatic N) is 6. The molecule has 0 saturated carbocycles. The second kappa shape index (κ2) is 11.6. The summed E-state index contributed by atoms with van der Waals surface area (Å²) in [6.45, 7) is 0.400. The Kier molecular flexibility index (Phi) is 8.09. The Hall–Kier alpha value is -4.96. The van der Waals surface area contributed by atoms with Gasteiger partial charge in [0.1, 0.15) is 28.9 Å². The molecule has 3 aromatic rings. The quantitative estimate of drug-likeness (QED) is 0.0954. The Balaban J connectivity index is 1.55. The SMILES string of the molecule is CN(C(=N)CNc1cccc(C(=O)NCc2cccc(ON=[N+]=[N-])c2)c1)C(=N)c1ccncn1. The summed E-state index contributed by atoms with van der Waals surface area (Å²) >= 11 is 0. The molecule has 12 nitrogen and oxygen atoms in total. The number of carbonyl (C=O) groups is 1. The molecule has 12 heteroatoms. The molecular weight excluding hydrogens is 436 g/mol. The molecule has 0 bridgehead atoms. The molecule has 0 radical (unpaired) electrons. The number of anilines is 1. The number of azide groups is 1. The number of carbonyl (C=O) groups excluding carboxylic acids is 1. The largest absolute Gasteiger partial charge is 0.394 e. The van der Waals surface area contributed by atoms with Crippen molar-refractivity contribution in [2.75, 3.05) is 18.9 Å². The van der Waals surface area contributed by atoms with Crippen LogP contribution >= 0.6 is 0 Å². The standard InChI is InChI=1S/C22H22N10O2/c1-32(21(24)19-8-9-26-14-29-19)20(23)13-27-17-6-3-5-16(11-17)22(33)28-12-15-4-2-7-18(10-15)34-31-30-25/h2-11,14,23-24,27H,12-13H2,1H3,(H,28,33). The van der Waals surface area contributed by atoms with Crippen molar-refractivity contribution in [3.63, 3.8) is 0 Å². The molecule has 3 rings (SSSR count).